The molecule has 0 bridgehead atoms. The molecule has 1 unspecified atom stereocenters. The van der Waals surface area contributed by atoms with Gasteiger partial charge in [-0.25, -0.2) is 22.6 Å². The van der Waals surface area contributed by atoms with Crippen molar-refractivity contribution in [1.82, 2.24) is 14.9 Å². The van der Waals surface area contributed by atoms with E-state index in [0.29, 0.717) is 16.8 Å². The predicted octanol–water partition coefficient (Wildman–Crippen LogP) is 1.27. The number of aromatic nitrogens is 1. The molecule has 1 saturated carbocycles. The number of hydrogen-bond donors (Lipinski definition) is 4. The van der Waals surface area contributed by atoms with Crippen molar-refractivity contribution < 1.29 is 51.6 Å². The average molecular weight is 662 g/mol. The Hall–Kier alpha value is -4.11. The number of nitrogens with one attached hydrogen (secondary N) is 1. The molecule has 4 N–H and O–H groups in total. The van der Waals surface area contributed by atoms with E-state index in [1.807, 2.05) is 5.48 Å². The lowest BCUT2D eigenvalue weighted by Gasteiger charge is -2.28. The van der Waals surface area contributed by atoms with Gasteiger partial charge in [-0.05, 0) is 62.1 Å². The van der Waals surface area contributed by atoms with Crippen LogP contribution in [0.1, 0.15) is 49.4 Å². The molecule has 1 aromatic carbocycles. The first-order valence-electron chi connectivity index (χ1n) is 13.7. The van der Waals surface area contributed by atoms with Crippen molar-refractivity contribution in [3.8, 4) is 29.4 Å². The molecule has 1 fully saturated rings. The van der Waals surface area contributed by atoms with Gasteiger partial charge in [-0.15, -0.1) is 0 Å². The maximum atomic E-state index is 13.0. The smallest absolute Gasteiger partial charge is 0.404 e. The van der Waals surface area contributed by atoms with Crippen molar-refractivity contribution in [3.05, 3.63) is 53.3 Å². The number of benzene rings is 1. The lowest BCUT2D eigenvalue weighted by Crippen LogP contribution is -2.52. The number of phosphoric acid groups is 1. The fourth-order valence-electron chi connectivity index (χ4n) is 4.45. The third kappa shape index (κ3) is 8.34. The second kappa shape index (κ2) is 13.1. The van der Waals surface area contributed by atoms with Gasteiger partial charge in [0.2, 0.25) is 0 Å². The number of amides is 2. The molecule has 16 heteroatoms. The van der Waals surface area contributed by atoms with Crippen LogP contribution in [0.2, 0.25) is 0 Å². The van der Waals surface area contributed by atoms with Crippen LogP contribution in [0.25, 0.3) is 0 Å². The van der Waals surface area contributed by atoms with Gasteiger partial charge in [-0.2, -0.15) is 5.48 Å². The van der Waals surface area contributed by atoms with E-state index in [-0.39, 0.29) is 50.1 Å². The highest BCUT2D eigenvalue weighted by Crippen LogP contribution is 2.44. The zero-order valence-corrected chi connectivity index (χ0v) is 26.2. The van der Waals surface area contributed by atoms with Crippen molar-refractivity contribution in [2.24, 2.45) is 5.41 Å². The molecular formula is C29H32N3O11PS. The zero-order valence-electron chi connectivity index (χ0n) is 24.5. The summed E-state index contributed by atoms with van der Waals surface area (Å²) in [5.74, 6) is 9.11. The molecule has 0 radical (unpaired) electrons. The number of sulfone groups is 1. The molecule has 240 valence electrons. The number of aliphatic hydroxyl groups is 1. The summed E-state index contributed by atoms with van der Waals surface area (Å²) in [5, 5.41) is 9.32. The Morgan fingerprint density at radius 2 is 1.91 bits per heavy atom. The minimum Gasteiger partial charge on any atom is -0.404 e. The highest BCUT2D eigenvalue weighted by Gasteiger charge is 2.45. The summed E-state index contributed by atoms with van der Waals surface area (Å²) in [6.45, 7) is 1.22. The van der Waals surface area contributed by atoms with Gasteiger partial charge in [-0.3, -0.25) is 19.1 Å². The monoisotopic (exact) mass is 661 g/mol. The molecule has 2 amide bonds. The van der Waals surface area contributed by atoms with Gasteiger partial charge >= 0.3 is 19.8 Å². The number of carbonyl (C=O) groups is 3. The Balaban J connectivity index is 1.31. The first kappa shape index (κ1) is 33.8. The summed E-state index contributed by atoms with van der Waals surface area (Å²) in [6, 6.07) is 7.15. The van der Waals surface area contributed by atoms with Crippen LogP contribution in [0.15, 0.2) is 36.5 Å². The Labute approximate surface area is 259 Å². The van der Waals surface area contributed by atoms with Crippen molar-refractivity contribution >= 4 is 35.6 Å². The molecule has 0 saturated heterocycles. The van der Waals surface area contributed by atoms with E-state index in [1.54, 1.807) is 18.3 Å². The van der Waals surface area contributed by atoms with Crippen LogP contribution in [-0.4, -0.2) is 74.8 Å². The normalized spacial score (nSPS) is 16.3. The largest absolute Gasteiger partial charge is 0.524 e. The molecule has 2 heterocycles. The summed E-state index contributed by atoms with van der Waals surface area (Å²) >= 11 is 0. The van der Waals surface area contributed by atoms with Crippen molar-refractivity contribution in [3.63, 3.8) is 0 Å². The van der Waals surface area contributed by atoms with E-state index >= 15 is 0 Å². The van der Waals surface area contributed by atoms with Gasteiger partial charge in [0, 0.05) is 30.3 Å². The van der Waals surface area contributed by atoms with E-state index in [4.69, 9.17) is 14.6 Å². The highest BCUT2D eigenvalue weighted by molar-refractivity contribution is 7.92. The van der Waals surface area contributed by atoms with E-state index < -0.39 is 40.3 Å². The van der Waals surface area contributed by atoms with E-state index in [2.05, 4.69) is 28.2 Å². The number of para-hydroxylation sites is 1. The van der Waals surface area contributed by atoms with Gasteiger partial charge in [0.15, 0.2) is 14.6 Å². The SMILES string of the molecule is CC(CCN1Cc2cc(C#CC#CC3(CO)CC3)cn2C1=O)(C(=O)NOC(=O)CCc1ccccc1OP(=O)(O)O)S(C)(=O)=O. The van der Waals surface area contributed by atoms with Gasteiger partial charge in [0.1, 0.15) is 5.75 Å². The minimum atomic E-state index is -4.84. The molecule has 4 rings (SSSR count). The molecule has 2 aromatic rings. The Morgan fingerprint density at radius 3 is 2.53 bits per heavy atom. The quantitative estimate of drug-likeness (QED) is 0.154. The lowest BCUT2D eigenvalue weighted by atomic mass is 10.1. The Kier molecular flexibility index (Phi) is 9.82. The summed E-state index contributed by atoms with van der Waals surface area (Å²) < 4.78 is 40.5. The topological polar surface area (TPSA) is 202 Å². The van der Waals surface area contributed by atoms with Gasteiger partial charge in [0.05, 0.1) is 25.0 Å². The number of nitrogens with zero attached hydrogens (tertiary/aromatic N) is 2. The number of phosphoric ester groups is 1. The first-order valence-corrected chi connectivity index (χ1v) is 17.2. The summed E-state index contributed by atoms with van der Waals surface area (Å²) in [4.78, 5) is 62.6. The maximum Gasteiger partial charge on any atom is 0.524 e. The predicted molar refractivity (Wildman–Crippen MR) is 159 cm³/mol. The first-order chi connectivity index (χ1) is 21.1. The van der Waals surface area contributed by atoms with E-state index in [9.17, 15) is 32.5 Å². The molecule has 14 nitrogen and oxygen atoms in total. The van der Waals surface area contributed by atoms with Crippen LogP contribution in [0.5, 0.6) is 5.75 Å². The Bertz CT molecular complexity index is 1790. The van der Waals surface area contributed by atoms with Gasteiger partial charge in [-0.1, -0.05) is 30.0 Å². The second-order valence-electron chi connectivity index (χ2n) is 11.1. The summed E-state index contributed by atoms with van der Waals surface area (Å²) in [6.07, 6.45) is 3.40. The fourth-order valence-corrected chi connectivity index (χ4v) is 5.72. The van der Waals surface area contributed by atoms with Gasteiger partial charge in [0.25, 0.3) is 5.91 Å². The fraction of sp³-hybridized carbons (Fsp3) is 0.414. The molecule has 0 spiro atoms. The van der Waals surface area contributed by atoms with Crippen LogP contribution in [0, 0.1) is 29.1 Å². The van der Waals surface area contributed by atoms with E-state index in [1.165, 1.54) is 34.6 Å². The van der Waals surface area contributed by atoms with Crippen LogP contribution in [0.4, 0.5) is 4.79 Å². The average Bonchev–Trinajstić information content (AvgIpc) is 3.55. The maximum absolute atomic E-state index is 13.0. The van der Waals surface area contributed by atoms with Crippen LogP contribution in [0.3, 0.4) is 0 Å². The lowest BCUT2D eigenvalue weighted by molar-refractivity contribution is -0.159. The van der Waals surface area contributed by atoms with Crippen LogP contribution >= 0.6 is 7.82 Å². The molecule has 45 heavy (non-hydrogen) atoms. The molecular weight excluding hydrogens is 629 g/mol. The molecule has 1 aliphatic heterocycles. The number of fused-ring (bicyclic) bond motifs is 1. The third-order valence-corrected chi connectivity index (χ3v) is 10.1. The number of aryl methyl sites for hydroxylation is 1. The summed E-state index contributed by atoms with van der Waals surface area (Å²) in [5.41, 5.74) is 3.04. The zero-order chi connectivity index (χ0) is 33.0. The van der Waals surface area contributed by atoms with Crippen LogP contribution in [-0.2, 0) is 41.8 Å². The molecule has 2 aliphatic rings. The number of carbonyl (C=O) groups excluding carboxylic acids is 3. The van der Waals surface area contributed by atoms with Crippen molar-refractivity contribution in [2.45, 2.75) is 50.3 Å². The Morgan fingerprint density at radius 1 is 1.20 bits per heavy atom. The number of rotatable bonds is 11. The third-order valence-electron chi connectivity index (χ3n) is 7.69. The van der Waals surface area contributed by atoms with Crippen molar-refractivity contribution in [2.75, 3.05) is 19.4 Å². The van der Waals surface area contributed by atoms with Crippen molar-refractivity contribution in [1.29, 1.82) is 0 Å². The van der Waals surface area contributed by atoms with Gasteiger partial charge < -0.3 is 19.4 Å². The van der Waals surface area contributed by atoms with Crippen LogP contribution < -0.4 is 10.0 Å². The molecule has 1 atom stereocenters. The number of hydroxylamine groups is 1. The second-order valence-corrected chi connectivity index (χ2v) is 14.7. The number of aliphatic hydroxyl groups excluding tert-OH is 1. The molecule has 1 aromatic heterocycles. The van der Waals surface area contributed by atoms with E-state index in [0.717, 1.165) is 19.1 Å². The standard InChI is InChI=1S/C29H32N3O11PS/c1-28(45(2,40)41,26(35)30-42-25(34)11-10-22-8-3-4-9-24(22)43-44(37,38)39)15-16-31-19-23-17-21(18-32(23)27(31)36)7-5-6-12-29(20-33)13-14-29/h3-4,8-9,17-18,33H,10-11,13-16,19-20H2,1-2H3,(H,30,35)(H2,37,38,39). The minimum absolute atomic E-state index is 0.00477. The highest BCUT2D eigenvalue weighted by atomic mass is 32.2. The summed E-state index contributed by atoms with van der Waals surface area (Å²) in [7, 11) is -8.90. The number of hydrogen-bond acceptors (Lipinski definition) is 9. The molecule has 1 aliphatic carbocycles.